The Morgan fingerprint density at radius 2 is 2.11 bits per heavy atom. The molecule has 1 amide bonds. The summed E-state index contributed by atoms with van der Waals surface area (Å²) in [5.74, 6) is 0.255. The van der Waals surface area contributed by atoms with Crippen LogP contribution in [-0.4, -0.2) is 10.9 Å². The molecule has 0 aliphatic carbocycles. The number of halogens is 2. The van der Waals surface area contributed by atoms with Gasteiger partial charge in [0.1, 0.15) is 5.82 Å². The van der Waals surface area contributed by atoms with Crippen molar-refractivity contribution in [2.24, 2.45) is 0 Å². The Hall–Kier alpha value is -1.14. The van der Waals surface area contributed by atoms with Crippen molar-refractivity contribution in [1.29, 1.82) is 0 Å². The monoisotopic (exact) mass is 372 g/mol. The Kier molecular flexibility index (Phi) is 4.19. The van der Waals surface area contributed by atoms with Crippen molar-refractivity contribution in [2.75, 3.05) is 5.32 Å². The van der Waals surface area contributed by atoms with Crippen molar-refractivity contribution >= 4 is 45.9 Å². The molecule has 1 N–H and O–H groups in total. The Morgan fingerprint density at radius 3 is 2.72 bits per heavy atom. The molecule has 0 bridgehead atoms. The first kappa shape index (κ1) is 13.3. The fourth-order valence-electron chi connectivity index (χ4n) is 1.44. The summed E-state index contributed by atoms with van der Waals surface area (Å²) in [6, 6.07) is 8.95. The molecule has 3 nitrogen and oxygen atoms in total. The number of carbonyl (C=O) groups excluding carboxylic acids is 1. The number of amides is 1. The zero-order valence-corrected chi connectivity index (χ0v) is 12.5. The van der Waals surface area contributed by atoms with Crippen LogP contribution in [0.5, 0.6) is 0 Å². The van der Waals surface area contributed by atoms with Gasteiger partial charge in [0.05, 0.1) is 10.6 Å². The molecule has 2 aromatic rings. The summed E-state index contributed by atoms with van der Waals surface area (Å²) < 4.78 is 1.01. The highest BCUT2D eigenvalue weighted by Gasteiger charge is 2.10. The molecule has 0 radical (unpaired) electrons. The van der Waals surface area contributed by atoms with Crippen LogP contribution in [0.2, 0.25) is 5.02 Å². The van der Waals surface area contributed by atoms with Crippen molar-refractivity contribution < 1.29 is 4.79 Å². The molecular formula is C13H10ClIN2O. The van der Waals surface area contributed by atoms with Gasteiger partial charge in [-0.15, -0.1) is 0 Å². The Morgan fingerprint density at radius 1 is 1.33 bits per heavy atom. The maximum Gasteiger partial charge on any atom is 0.258 e. The molecule has 1 aromatic carbocycles. The van der Waals surface area contributed by atoms with E-state index in [0.29, 0.717) is 16.4 Å². The second-order valence-corrected chi connectivity index (χ2v) is 5.45. The maximum absolute atomic E-state index is 12.0. The van der Waals surface area contributed by atoms with Crippen LogP contribution in [0.25, 0.3) is 0 Å². The molecule has 18 heavy (non-hydrogen) atoms. The number of hydrogen-bond acceptors (Lipinski definition) is 2. The van der Waals surface area contributed by atoms with Gasteiger partial charge in [0.2, 0.25) is 0 Å². The Labute approximate surface area is 124 Å². The summed E-state index contributed by atoms with van der Waals surface area (Å²) in [5.41, 5.74) is 1.46. The van der Waals surface area contributed by atoms with Crippen molar-refractivity contribution in [3.05, 3.63) is 56.2 Å². The fourth-order valence-corrected chi connectivity index (χ4v) is 2.08. The van der Waals surface area contributed by atoms with Crippen LogP contribution in [0.1, 0.15) is 15.9 Å². The quantitative estimate of drug-likeness (QED) is 0.813. The highest BCUT2D eigenvalue weighted by molar-refractivity contribution is 14.1. The summed E-state index contributed by atoms with van der Waals surface area (Å²) in [4.78, 5) is 16.1. The van der Waals surface area contributed by atoms with Crippen molar-refractivity contribution in [1.82, 2.24) is 4.98 Å². The highest BCUT2D eigenvalue weighted by Crippen LogP contribution is 2.18. The van der Waals surface area contributed by atoms with E-state index in [2.05, 4.69) is 32.9 Å². The maximum atomic E-state index is 12.0. The van der Waals surface area contributed by atoms with E-state index in [0.717, 1.165) is 9.13 Å². The molecule has 0 saturated heterocycles. The van der Waals surface area contributed by atoms with Crippen LogP contribution in [-0.2, 0) is 0 Å². The van der Waals surface area contributed by atoms with Gasteiger partial charge in [-0.25, -0.2) is 4.98 Å². The zero-order valence-electron chi connectivity index (χ0n) is 9.58. The molecule has 92 valence electrons. The number of carbonyl (C=O) groups is 1. The van der Waals surface area contributed by atoms with Gasteiger partial charge in [-0.3, -0.25) is 4.79 Å². The molecule has 0 saturated carbocycles. The third-order valence-electron chi connectivity index (χ3n) is 2.34. The summed E-state index contributed by atoms with van der Waals surface area (Å²) in [6.45, 7) is 1.92. The van der Waals surface area contributed by atoms with Gasteiger partial charge < -0.3 is 5.32 Å². The summed E-state index contributed by atoms with van der Waals surface area (Å²) >= 11 is 8.19. The number of benzene rings is 1. The molecule has 0 atom stereocenters. The van der Waals surface area contributed by atoms with E-state index in [1.807, 2.05) is 19.1 Å². The normalized spacial score (nSPS) is 10.2. The van der Waals surface area contributed by atoms with Gasteiger partial charge in [-0.1, -0.05) is 17.7 Å². The lowest BCUT2D eigenvalue weighted by atomic mass is 10.1. The summed E-state index contributed by atoms with van der Waals surface area (Å²) in [5, 5.41) is 3.15. The predicted octanol–water partition coefficient (Wildman–Crippen LogP) is 3.90. The number of hydrogen-bond donors (Lipinski definition) is 1. The van der Waals surface area contributed by atoms with Crippen LogP contribution in [0.3, 0.4) is 0 Å². The van der Waals surface area contributed by atoms with Crippen molar-refractivity contribution in [3.63, 3.8) is 0 Å². The Balaban J connectivity index is 2.19. The highest BCUT2D eigenvalue weighted by atomic mass is 127. The molecule has 2 rings (SSSR count). The first-order valence-corrected chi connectivity index (χ1v) is 6.71. The smallest absolute Gasteiger partial charge is 0.258 e. The third kappa shape index (κ3) is 3.20. The lowest BCUT2D eigenvalue weighted by Gasteiger charge is -2.06. The van der Waals surface area contributed by atoms with Gasteiger partial charge in [0.15, 0.2) is 0 Å². The van der Waals surface area contributed by atoms with Gasteiger partial charge in [-0.05, 0) is 59.3 Å². The molecule has 0 spiro atoms. The molecule has 1 heterocycles. The minimum atomic E-state index is -0.256. The van der Waals surface area contributed by atoms with Gasteiger partial charge in [-0.2, -0.15) is 0 Å². The lowest BCUT2D eigenvalue weighted by molar-refractivity contribution is 0.102. The van der Waals surface area contributed by atoms with E-state index in [1.165, 1.54) is 0 Å². The molecule has 5 heteroatoms. The van der Waals surface area contributed by atoms with Crippen LogP contribution in [0, 0.1) is 10.5 Å². The van der Waals surface area contributed by atoms with Crippen LogP contribution < -0.4 is 5.32 Å². The molecule has 0 aliphatic heterocycles. The van der Waals surface area contributed by atoms with E-state index in [1.54, 1.807) is 24.4 Å². The fraction of sp³-hybridized carbons (Fsp3) is 0.0769. The third-order valence-corrected chi connectivity index (χ3v) is 3.29. The predicted molar refractivity (Wildman–Crippen MR) is 81.1 cm³/mol. The lowest BCUT2D eigenvalue weighted by Crippen LogP contribution is -2.13. The average Bonchev–Trinajstić information content (AvgIpc) is 2.32. The van der Waals surface area contributed by atoms with Crippen molar-refractivity contribution in [2.45, 2.75) is 6.92 Å². The second-order valence-electron chi connectivity index (χ2n) is 3.80. The molecule has 1 aromatic heterocycles. The number of anilines is 1. The van der Waals surface area contributed by atoms with E-state index < -0.39 is 0 Å². The summed E-state index contributed by atoms with van der Waals surface area (Å²) in [6.07, 6.45) is 1.69. The number of nitrogens with one attached hydrogen (secondary N) is 1. The van der Waals surface area contributed by atoms with Crippen LogP contribution in [0.15, 0.2) is 36.5 Å². The van der Waals surface area contributed by atoms with E-state index >= 15 is 0 Å². The van der Waals surface area contributed by atoms with Gasteiger partial charge >= 0.3 is 0 Å². The first-order chi connectivity index (χ1) is 8.56. The molecule has 0 aliphatic rings. The van der Waals surface area contributed by atoms with Crippen LogP contribution in [0.4, 0.5) is 5.82 Å². The number of aryl methyl sites for hydroxylation is 1. The summed E-state index contributed by atoms with van der Waals surface area (Å²) in [7, 11) is 0. The topological polar surface area (TPSA) is 42.0 Å². The van der Waals surface area contributed by atoms with E-state index in [9.17, 15) is 4.79 Å². The minimum Gasteiger partial charge on any atom is -0.307 e. The SMILES string of the molecule is Cc1ccc(C(=O)Nc2ccc(I)cn2)c(Cl)c1. The first-order valence-electron chi connectivity index (χ1n) is 5.25. The Bertz CT molecular complexity index is 584. The minimum absolute atomic E-state index is 0.256. The molecule has 0 fully saturated rings. The van der Waals surface area contributed by atoms with Gasteiger partial charge in [0.25, 0.3) is 5.91 Å². The van der Waals surface area contributed by atoms with Crippen molar-refractivity contribution in [3.8, 4) is 0 Å². The second kappa shape index (κ2) is 5.67. The molecular weight excluding hydrogens is 363 g/mol. The number of nitrogens with zero attached hydrogens (tertiary/aromatic N) is 1. The van der Waals surface area contributed by atoms with Gasteiger partial charge in [0, 0.05) is 9.77 Å². The number of rotatable bonds is 2. The van der Waals surface area contributed by atoms with E-state index in [4.69, 9.17) is 11.6 Å². The van der Waals surface area contributed by atoms with E-state index in [-0.39, 0.29) is 5.91 Å². The standard InChI is InChI=1S/C13H10ClIN2O/c1-8-2-4-10(11(14)6-8)13(18)17-12-5-3-9(15)7-16-12/h2-7H,1H3,(H,16,17,18). The number of pyridine rings is 1. The largest absolute Gasteiger partial charge is 0.307 e. The zero-order chi connectivity index (χ0) is 13.1. The molecule has 0 unspecified atom stereocenters. The number of aromatic nitrogens is 1. The average molecular weight is 373 g/mol. The van der Waals surface area contributed by atoms with Crippen LogP contribution >= 0.6 is 34.2 Å².